The highest BCUT2D eigenvalue weighted by Gasteiger charge is 2.27. The summed E-state index contributed by atoms with van der Waals surface area (Å²) >= 11 is 9.37. The first-order valence-corrected chi connectivity index (χ1v) is 47.0. The van der Waals surface area contributed by atoms with E-state index in [1.807, 2.05) is 138 Å². The predicted molar refractivity (Wildman–Crippen MR) is 524 cm³/mol. The van der Waals surface area contributed by atoms with Crippen molar-refractivity contribution in [1.29, 1.82) is 0 Å². The molecule has 0 fully saturated rings. The van der Waals surface area contributed by atoms with E-state index in [-0.39, 0.29) is 46.5 Å². The number of esters is 5. The number of rotatable bonds is 25. The third kappa shape index (κ3) is 25.7. The number of nitrogens with one attached hydrogen (secondary N) is 4. The Morgan fingerprint density at radius 1 is 0.432 bits per heavy atom. The monoisotopic (exact) mass is 1980 g/mol. The number of aryl methyl sites for hydroxylation is 8. The summed E-state index contributed by atoms with van der Waals surface area (Å²) in [6.07, 6.45) is 6.50. The molecule has 0 spiro atoms. The first kappa shape index (κ1) is 103. The molecule has 11 aromatic heterocycles. The second-order valence-electron chi connectivity index (χ2n) is 33.5. The fourth-order valence-corrected chi connectivity index (χ4v) is 15.2. The number of amides is 3. The molecule has 0 aliphatic carbocycles. The van der Waals surface area contributed by atoms with Gasteiger partial charge < -0.3 is 43.5 Å². The van der Waals surface area contributed by atoms with Crippen molar-refractivity contribution in [3.05, 3.63) is 229 Å². The average Bonchev–Trinajstić information content (AvgIpc) is 1.64. The fraction of sp³-hybridized carbons (Fsp3) is 0.350. The molecule has 0 saturated carbocycles. The molecule has 728 valence electrons. The molecule has 35 nitrogen and oxygen atoms in total. The Hall–Kier alpha value is -14.8. The van der Waals surface area contributed by atoms with Crippen molar-refractivity contribution >= 4 is 121 Å². The summed E-state index contributed by atoms with van der Waals surface area (Å²) in [6.45, 7) is 35.0. The molecule has 0 atom stereocenters. The number of ether oxygens (including phenoxy) is 7. The zero-order valence-corrected chi connectivity index (χ0v) is 82.9. The maximum absolute atomic E-state index is 14.2. The predicted octanol–water partition coefficient (Wildman–Crippen LogP) is 20.3. The molecular formula is C100H110BrClF2N20O15. The van der Waals surface area contributed by atoms with E-state index in [1.54, 1.807) is 107 Å². The second-order valence-corrected chi connectivity index (χ2v) is 34.8. The van der Waals surface area contributed by atoms with E-state index in [2.05, 4.69) is 100 Å². The van der Waals surface area contributed by atoms with Gasteiger partial charge in [0.25, 0.3) is 0 Å². The Bertz CT molecular complexity index is 7070. The lowest BCUT2D eigenvalue weighted by molar-refractivity contribution is -0.116. The number of nitrogens with zero attached hydrogens (tertiary/aromatic N) is 16. The number of carbonyl (C=O) groups is 8. The topological polar surface area (TPSA) is 417 Å². The van der Waals surface area contributed by atoms with E-state index in [4.69, 9.17) is 49.9 Å². The minimum atomic E-state index is -0.737. The van der Waals surface area contributed by atoms with Crippen LogP contribution in [0.4, 0.5) is 35.4 Å². The molecule has 139 heavy (non-hydrogen) atoms. The van der Waals surface area contributed by atoms with Crippen LogP contribution in [0.3, 0.4) is 0 Å². The lowest BCUT2D eigenvalue weighted by atomic mass is 9.99. The Morgan fingerprint density at radius 3 is 1.19 bits per heavy atom. The largest absolute Gasteiger partial charge is 0.461 e. The summed E-state index contributed by atoms with van der Waals surface area (Å²) in [6, 6.07) is 38.2. The third-order valence-electron chi connectivity index (χ3n) is 21.0. The molecule has 16 rings (SSSR count). The van der Waals surface area contributed by atoms with Crippen molar-refractivity contribution in [1.82, 2.24) is 83.0 Å². The van der Waals surface area contributed by atoms with Gasteiger partial charge in [-0.1, -0.05) is 99.8 Å². The molecule has 0 saturated heterocycles. The van der Waals surface area contributed by atoms with Crippen molar-refractivity contribution in [3.63, 3.8) is 0 Å². The Balaban J connectivity index is 0.000000156. The maximum atomic E-state index is 14.2. The van der Waals surface area contributed by atoms with E-state index < -0.39 is 64.9 Å². The summed E-state index contributed by atoms with van der Waals surface area (Å²) in [5.74, 6) is -2.90. The lowest BCUT2D eigenvalue weighted by Crippen LogP contribution is -2.27. The van der Waals surface area contributed by atoms with E-state index in [0.717, 1.165) is 92.8 Å². The molecule has 15 aromatic rings. The SMILES string of the molecule is CCCCc1nc(-c2cc3nc(C(=O)OCC)cc(CC)n3n2)c(Cl)[nH]1.CCOC(=O)c1cc(CC)n2nc(-c3c(F)cc(Br)cc3F)cc2n1.CCOC(=O)c1cc(CC)n2nc(-c3ccc(NC(=O)OC(C)(C)C)cc3)cc2n1.CCOC(=O)c1cc(CC)n2nc(-c3ccc(NC(=O)OC(C)(C)C)cc3C)cc2n1.CCOC(=O)c1cc(CC)n2nc(-c3ccc4c(c3)CCC(=O)N4)cc2n1. The van der Waals surface area contributed by atoms with Crippen molar-refractivity contribution in [2.24, 2.45) is 0 Å². The van der Waals surface area contributed by atoms with Crippen LogP contribution in [-0.2, 0) is 82.9 Å². The number of halogens is 4. The fourth-order valence-electron chi connectivity index (χ4n) is 14.6. The number of carbonyl (C=O) groups excluding carboxylic acids is 8. The van der Waals surface area contributed by atoms with Gasteiger partial charge in [-0.25, -0.2) is 94.8 Å². The number of H-pyrrole nitrogens is 1. The van der Waals surface area contributed by atoms with Crippen molar-refractivity contribution < 1.29 is 80.3 Å². The van der Waals surface area contributed by atoms with Gasteiger partial charge in [0.05, 0.1) is 55.7 Å². The number of benzene rings is 4. The van der Waals surface area contributed by atoms with Crippen LogP contribution in [-0.4, -0.2) is 175 Å². The molecule has 1 aliphatic rings. The minimum absolute atomic E-state index is 0.0475. The van der Waals surface area contributed by atoms with Gasteiger partial charge in [-0.2, -0.15) is 25.5 Å². The van der Waals surface area contributed by atoms with E-state index >= 15 is 0 Å². The molecular weight excluding hydrogens is 1870 g/mol. The first-order valence-electron chi connectivity index (χ1n) is 45.8. The normalized spacial score (nSPS) is 11.7. The number of imidazole rings is 1. The molecule has 4 N–H and O–H groups in total. The van der Waals surface area contributed by atoms with E-state index in [9.17, 15) is 47.1 Å². The minimum Gasteiger partial charge on any atom is -0.461 e. The van der Waals surface area contributed by atoms with Gasteiger partial charge in [0.1, 0.15) is 50.9 Å². The van der Waals surface area contributed by atoms with Gasteiger partial charge >= 0.3 is 42.0 Å². The van der Waals surface area contributed by atoms with E-state index in [1.165, 1.54) is 22.7 Å². The first-order chi connectivity index (χ1) is 66.4. The van der Waals surface area contributed by atoms with Gasteiger partial charge in [-0.15, -0.1) is 0 Å². The zero-order chi connectivity index (χ0) is 100. The molecule has 0 bridgehead atoms. The van der Waals surface area contributed by atoms with Crippen LogP contribution in [0.5, 0.6) is 0 Å². The van der Waals surface area contributed by atoms with Crippen LogP contribution < -0.4 is 16.0 Å². The summed E-state index contributed by atoms with van der Waals surface area (Å²) in [5, 5.41) is 31.6. The van der Waals surface area contributed by atoms with Gasteiger partial charge in [0.2, 0.25) is 5.91 Å². The number of aromatic nitrogens is 17. The molecule has 0 radical (unpaired) electrons. The maximum Gasteiger partial charge on any atom is 0.412 e. The van der Waals surface area contributed by atoms with Crippen LogP contribution in [0.15, 0.2) is 138 Å². The third-order valence-corrected chi connectivity index (χ3v) is 21.7. The summed E-state index contributed by atoms with van der Waals surface area (Å²) in [4.78, 5) is 125. The van der Waals surface area contributed by atoms with Crippen molar-refractivity contribution in [3.8, 4) is 56.4 Å². The smallest absolute Gasteiger partial charge is 0.412 e. The van der Waals surface area contributed by atoms with Crippen LogP contribution >= 0.6 is 27.5 Å². The Kier molecular flexibility index (Phi) is 34.0. The quantitative estimate of drug-likeness (QED) is 0.0305. The van der Waals surface area contributed by atoms with Crippen LogP contribution in [0.2, 0.25) is 5.15 Å². The Labute approximate surface area is 813 Å². The molecule has 3 amide bonds. The molecule has 4 aromatic carbocycles. The molecule has 1 aliphatic heterocycles. The highest BCUT2D eigenvalue weighted by Crippen LogP contribution is 2.35. The summed E-state index contributed by atoms with van der Waals surface area (Å²) in [5.41, 5.74) is 17.1. The van der Waals surface area contributed by atoms with Crippen LogP contribution in [0.1, 0.15) is 235 Å². The van der Waals surface area contributed by atoms with Crippen LogP contribution in [0, 0.1) is 18.6 Å². The molecule has 12 heterocycles. The van der Waals surface area contributed by atoms with Gasteiger partial charge in [-0.3, -0.25) is 15.4 Å². The van der Waals surface area contributed by atoms with Crippen molar-refractivity contribution in [2.75, 3.05) is 49.0 Å². The van der Waals surface area contributed by atoms with Crippen LogP contribution in [0.25, 0.3) is 84.7 Å². The molecule has 0 unspecified atom stereocenters. The molecule has 39 heteroatoms. The highest BCUT2D eigenvalue weighted by atomic mass is 79.9. The average molecular weight is 1990 g/mol. The second kappa shape index (κ2) is 45.9. The lowest BCUT2D eigenvalue weighted by Gasteiger charge is -2.19. The number of aromatic amines is 1. The summed E-state index contributed by atoms with van der Waals surface area (Å²) < 4.78 is 72.9. The number of unbranched alkanes of at least 4 members (excludes halogenated alkanes) is 1. The standard InChI is InChI=1S/C23H28N4O4.C22H26N4O4.C20H20N4O3.C18H22ClN5O2.C17H14BrF2N3O2/c1-7-16-12-19(21(28)30-8-2)25-20-13-18(26-27(16)20)17-10-9-15(11-14(17)3)24-22(29)31-23(4,5)6;1-6-16-12-18(20(27)29-7-2)24-19-13-17(25-26(16)19)14-8-10-15(11-9-14)23-21(28)30-22(3,4)5;1-3-14-10-17(20(26)27-4-2)21-18-11-16(23-24(14)18)13-5-7-15-12(9-13)6-8-19(25)22-15;1-4-7-8-14-21-16(17(19)22-14)12-10-15-20-13(18(25)26-6-3)9-11(5-2)24(15)23-12;1-3-10-7-14(17(24)25-4-2)21-15-8-13(22-23(10)15)16-11(19)5-9(18)6-12(16)20/h9-13H,7-8H2,1-6H3,(H,24,29);8-13H,6-7H2,1-5H3,(H,23,28);5,7,9-11H,3-4,6,8H2,1-2H3,(H,22,25);9-10H,4-8H2,1-3H3,(H,21,22);5-8H,3-4H2,1-2H3. The van der Waals surface area contributed by atoms with Gasteiger partial charge in [0, 0.05) is 110 Å². The van der Waals surface area contributed by atoms with Gasteiger partial charge in [0.15, 0.2) is 56.7 Å². The number of hydrogen-bond acceptors (Lipinski definition) is 26. The highest BCUT2D eigenvalue weighted by molar-refractivity contribution is 9.10. The van der Waals surface area contributed by atoms with E-state index in [0.29, 0.717) is 149 Å². The number of anilines is 3. The zero-order valence-electron chi connectivity index (χ0n) is 80.6. The Morgan fingerprint density at radius 2 is 0.791 bits per heavy atom. The van der Waals surface area contributed by atoms with Gasteiger partial charge in [-0.05, 0) is 218 Å². The van der Waals surface area contributed by atoms with Crippen molar-refractivity contribution in [2.45, 2.75) is 200 Å². The number of fused-ring (bicyclic) bond motifs is 6. The summed E-state index contributed by atoms with van der Waals surface area (Å²) in [7, 11) is 0. The number of hydrogen-bond donors (Lipinski definition) is 4.